The van der Waals surface area contributed by atoms with E-state index in [1.807, 2.05) is 26.0 Å². The third-order valence-electron chi connectivity index (χ3n) is 1.77. The first-order valence-electron chi connectivity index (χ1n) is 3.87. The predicted molar refractivity (Wildman–Crippen MR) is 50.6 cm³/mol. The van der Waals surface area contributed by atoms with Crippen LogP contribution in [-0.2, 0) is 0 Å². The molecule has 12 heavy (non-hydrogen) atoms. The molecule has 0 amide bonds. The highest BCUT2D eigenvalue weighted by atomic mass is 14.2. The lowest BCUT2D eigenvalue weighted by Crippen LogP contribution is -1.81. The van der Waals surface area contributed by atoms with Gasteiger partial charge >= 0.3 is 0 Å². The fourth-order valence-electron chi connectivity index (χ4n) is 1.07. The van der Waals surface area contributed by atoms with Crippen molar-refractivity contribution >= 4 is 6.08 Å². The second-order valence-electron chi connectivity index (χ2n) is 2.82. The lowest BCUT2D eigenvalue weighted by Gasteiger charge is -2.00. The van der Waals surface area contributed by atoms with Gasteiger partial charge in [-0.2, -0.15) is 5.26 Å². The Morgan fingerprint density at radius 2 is 2.08 bits per heavy atom. The van der Waals surface area contributed by atoms with Gasteiger partial charge in [0.25, 0.3) is 0 Å². The minimum Gasteiger partial charge on any atom is -0.193 e. The van der Waals surface area contributed by atoms with Crippen molar-refractivity contribution in [2.24, 2.45) is 0 Å². The number of rotatable bonds is 1. The summed E-state index contributed by atoms with van der Waals surface area (Å²) >= 11 is 0. The van der Waals surface area contributed by atoms with Crippen molar-refractivity contribution in [3.05, 3.63) is 41.0 Å². The summed E-state index contributed by atoms with van der Waals surface area (Å²) in [4.78, 5) is 0. The van der Waals surface area contributed by atoms with Crippen molar-refractivity contribution in [3.8, 4) is 6.07 Å². The topological polar surface area (TPSA) is 23.8 Å². The Balaban J connectivity index is 3.07. The minimum atomic E-state index is 1.12. The molecule has 0 N–H and O–H groups in total. The van der Waals surface area contributed by atoms with E-state index in [-0.39, 0.29) is 0 Å². The van der Waals surface area contributed by atoms with E-state index < -0.39 is 0 Å². The molecular weight excluding hydrogens is 146 g/mol. The zero-order valence-corrected chi connectivity index (χ0v) is 7.33. The van der Waals surface area contributed by atoms with Gasteiger partial charge < -0.3 is 0 Å². The zero-order chi connectivity index (χ0) is 8.97. The number of allylic oxidation sites excluding steroid dienone is 1. The van der Waals surface area contributed by atoms with Gasteiger partial charge in [-0.3, -0.25) is 0 Å². The van der Waals surface area contributed by atoms with Crippen LogP contribution in [0.2, 0.25) is 0 Å². The van der Waals surface area contributed by atoms with E-state index in [1.54, 1.807) is 0 Å². The molecule has 1 heteroatoms. The van der Waals surface area contributed by atoms with Crippen LogP contribution in [0.4, 0.5) is 0 Å². The standard InChI is InChI=1S/C11H11N/c1-9-5-6-10(2)11(8-9)4-3-7-12/h3-6,8H,1-2H3/b4-3+. The van der Waals surface area contributed by atoms with Crippen molar-refractivity contribution in [2.45, 2.75) is 13.8 Å². The van der Waals surface area contributed by atoms with Crippen LogP contribution in [0, 0.1) is 25.2 Å². The van der Waals surface area contributed by atoms with E-state index in [9.17, 15) is 0 Å². The van der Waals surface area contributed by atoms with E-state index in [0.717, 1.165) is 5.56 Å². The smallest absolute Gasteiger partial charge is 0.0912 e. The fourth-order valence-corrected chi connectivity index (χ4v) is 1.07. The number of hydrogen-bond acceptors (Lipinski definition) is 1. The molecule has 0 unspecified atom stereocenters. The second kappa shape index (κ2) is 3.73. The summed E-state index contributed by atoms with van der Waals surface area (Å²) in [6.07, 6.45) is 3.34. The molecule has 60 valence electrons. The second-order valence-corrected chi connectivity index (χ2v) is 2.82. The Hall–Kier alpha value is -1.55. The zero-order valence-electron chi connectivity index (χ0n) is 7.33. The molecule has 0 aliphatic heterocycles. The predicted octanol–water partition coefficient (Wildman–Crippen LogP) is 2.84. The van der Waals surface area contributed by atoms with Crippen LogP contribution in [0.5, 0.6) is 0 Å². The van der Waals surface area contributed by atoms with Crippen molar-refractivity contribution in [1.82, 2.24) is 0 Å². The van der Waals surface area contributed by atoms with Gasteiger partial charge in [0.2, 0.25) is 0 Å². The molecule has 0 aliphatic rings. The van der Waals surface area contributed by atoms with Gasteiger partial charge in [0.1, 0.15) is 0 Å². The molecule has 1 aromatic rings. The van der Waals surface area contributed by atoms with Crippen LogP contribution in [0.25, 0.3) is 6.08 Å². The molecule has 0 fully saturated rings. The van der Waals surface area contributed by atoms with Gasteiger partial charge in [-0.15, -0.1) is 0 Å². The van der Waals surface area contributed by atoms with Crippen molar-refractivity contribution < 1.29 is 0 Å². The van der Waals surface area contributed by atoms with E-state index in [1.165, 1.54) is 17.2 Å². The molecule has 0 aliphatic carbocycles. The molecule has 0 aromatic heterocycles. The summed E-state index contributed by atoms with van der Waals surface area (Å²) in [6, 6.07) is 8.19. The third kappa shape index (κ3) is 1.96. The number of benzene rings is 1. The molecule has 0 radical (unpaired) electrons. The first-order valence-corrected chi connectivity index (χ1v) is 3.87. The Bertz CT molecular complexity index is 343. The Kier molecular flexibility index (Phi) is 2.66. The quantitative estimate of drug-likeness (QED) is 0.575. The Labute approximate surface area is 73.0 Å². The first-order chi connectivity index (χ1) is 5.74. The summed E-state index contributed by atoms with van der Waals surface area (Å²) in [5.74, 6) is 0. The number of hydrogen-bond donors (Lipinski definition) is 0. The summed E-state index contributed by atoms with van der Waals surface area (Å²) in [7, 11) is 0. The maximum absolute atomic E-state index is 8.35. The summed E-state index contributed by atoms with van der Waals surface area (Å²) in [5, 5.41) is 8.35. The largest absolute Gasteiger partial charge is 0.193 e. The molecule has 1 nitrogen and oxygen atoms in total. The maximum Gasteiger partial charge on any atom is 0.0912 e. The maximum atomic E-state index is 8.35. The third-order valence-corrected chi connectivity index (χ3v) is 1.77. The van der Waals surface area contributed by atoms with Crippen LogP contribution in [0.3, 0.4) is 0 Å². The SMILES string of the molecule is Cc1ccc(C)c(/C=C/C#N)c1. The molecule has 1 aromatic carbocycles. The monoisotopic (exact) mass is 157 g/mol. The molecule has 0 atom stereocenters. The van der Waals surface area contributed by atoms with Gasteiger partial charge in [0.05, 0.1) is 6.07 Å². The minimum absolute atomic E-state index is 1.12. The lowest BCUT2D eigenvalue weighted by molar-refractivity contribution is 1.38. The Morgan fingerprint density at radius 3 is 2.75 bits per heavy atom. The molecule has 0 bridgehead atoms. The van der Waals surface area contributed by atoms with Crippen molar-refractivity contribution in [3.63, 3.8) is 0 Å². The fraction of sp³-hybridized carbons (Fsp3) is 0.182. The lowest BCUT2D eigenvalue weighted by atomic mass is 10.1. The van der Waals surface area contributed by atoms with Gasteiger partial charge in [-0.25, -0.2) is 0 Å². The normalized spacial score (nSPS) is 10.1. The summed E-state index contributed by atoms with van der Waals surface area (Å²) in [5.41, 5.74) is 3.54. The molecule has 0 heterocycles. The van der Waals surface area contributed by atoms with E-state index in [4.69, 9.17) is 5.26 Å². The average Bonchev–Trinajstić information content (AvgIpc) is 2.07. The first kappa shape index (κ1) is 8.55. The van der Waals surface area contributed by atoms with Gasteiger partial charge in [0, 0.05) is 6.08 Å². The van der Waals surface area contributed by atoms with E-state index >= 15 is 0 Å². The molecule has 0 saturated heterocycles. The number of nitrogens with zero attached hydrogens (tertiary/aromatic N) is 1. The van der Waals surface area contributed by atoms with Crippen molar-refractivity contribution in [2.75, 3.05) is 0 Å². The average molecular weight is 157 g/mol. The molecule has 1 rings (SSSR count). The summed E-state index contributed by atoms with van der Waals surface area (Å²) < 4.78 is 0. The van der Waals surface area contributed by atoms with Crippen molar-refractivity contribution in [1.29, 1.82) is 5.26 Å². The van der Waals surface area contributed by atoms with Gasteiger partial charge in [0.15, 0.2) is 0 Å². The summed E-state index contributed by atoms with van der Waals surface area (Å²) in [6.45, 7) is 4.08. The molecule has 0 spiro atoms. The van der Waals surface area contributed by atoms with E-state index in [0.29, 0.717) is 0 Å². The highest BCUT2D eigenvalue weighted by Gasteiger charge is 1.92. The van der Waals surface area contributed by atoms with Crippen LogP contribution in [0.1, 0.15) is 16.7 Å². The van der Waals surface area contributed by atoms with Crippen LogP contribution in [-0.4, -0.2) is 0 Å². The highest BCUT2D eigenvalue weighted by molar-refractivity contribution is 5.56. The van der Waals surface area contributed by atoms with Crippen LogP contribution in [0.15, 0.2) is 24.3 Å². The van der Waals surface area contributed by atoms with Gasteiger partial charge in [-0.1, -0.05) is 23.8 Å². The highest BCUT2D eigenvalue weighted by Crippen LogP contribution is 2.11. The Morgan fingerprint density at radius 1 is 1.33 bits per heavy atom. The molecular formula is C11H11N. The van der Waals surface area contributed by atoms with Crippen LogP contribution < -0.4 is 0 Å². The number of aryl methyl sites for hydroxylation is 2. The number of nitriles is 1. The van der Waals surface area contributed by atoms with Gasteiger partial charge in [-0.05, 0) is 31.1 Å². The van der Waals surface area contributed by atoms with E-state index in [2.05, 4.69) is 18.2 Å². The molecule has 0 saturated carbocycles. The van der Waals surface area contributed by atoms with Crippen LogP contribution >= 0.6 is 0 Å².